The SMILES string of the molecule is Cc1cccnc1N1CCCC2(CCN(C3CCC(O)CC3)C2=O)C1. The summed E-state index contributed by atoms with van der Waals surface area (Å²) in [6.07, 6.45) is 8.27. The molecule has 1 aromatic rings. The molecule has 5 heteroatoms. The molecule has 136 valence electrons. The van der Waals surface area contributed by atoms with Crippen LogP contribution in [0, 0.1) is 12.3 Å². The average molecular weight is 343 g/mol. The van der Waals surface area contributed by atoms with E-state index >= 15 is 0 Å². The van der Waals surface area contributed by atoms with Crippen LogP contribution in [-0.4, -0.2) is 52.7 Å². The van der Waals surface area contributed by atoms with Crippen LogP contribution in [0.15, 0.2) is 18.3 Å². The van der Waals surface area contributed by atoms with Crippen LogP contribution in [-0.2, 0) is 4.79 Å². The molecule has 1 spiro atoms. The number of pyridine rings is 1. The molecule has 2 saturated heterocycles. The highest BCUT2D eigenvalue weighted by molar-refractivity contribution is 5.86. The molecular formula is C20H29N3O2. The third-order valence-corrected chi connectivity index (χ3v) is 6.51. The Bertz CT molecular complexity index is 642. The topological polar surface area (TPSA) is 56.7 Å². The van der Waals surface area contributed by atoms with Crippen LogP contribution in [0.2, 0.25) is 0 Å². The molecular weight excluding hydrogens is 314 g/mol. The van der Waals surface area contributed by atoms with E-state index < -0.39 is 0 Å². The number of carbonyl (C=O) groups is 1. The maximum Gasteiger partial charge on any atom is 0.230 e. The zero-order valence-corrected chi connectivity index (χ0v) is 15.2. The van der Waals surface area contributed by atoms with Crippen molar-refractivity contribution in [3.63, 3.8) is 0 Å². The summed E-state index contributed by atoms with van der Waals surface area (Å²) in [5.74, 6) is 1.39. The van der Waals surface area contributed by atoms with Gasteiger partial charge in [0.1, 0.15) is 5.82 Å². The van der Waals surface area contributed by atoms with Crippen LogP contribution in [0.1, 0.15) is 50.5 Å². The van der Waals surface area contributed by atoms with Gasteiger partial charge in [-0.2, -0.15) is 0 Å². The Morgan fingerprint density at radius 3 is 2.76 bits per heavy atom. The first-order valence-corrected chi connectivity index (χ1v) is 9.75. The largest absolute Gasteiger partial charge is 0.393 e. The van der Waals surface area contributed by atoms with E-state index in [0.717, 1.165) is 70.4 Å². The van der Waals surface area contributed by atoms with Gasteiger partial charge in [-0.15, -0.1) is 0 Å². The maximum atomic E-state index is 13.3. The number of aromatic nitrogens is 1. The number of piperidine rings is 1. The van der Waals surface area contributed by atoms with E-state index in [2.05, 4.69) is 27.8 Å². The minimum atomic E-state index is -0.224. The standard InChI is InChI=1S/C20H29N3O2/c1-15-4-2-11-21-18(15)22-12-3-9-20(14-22)10-13-23(19(20)25)16-5-7-17(24)8-6-16/h2,4,11,16-17,24H,3,5-10,12-14H2,1H3. The maximum absolute atomic E-state index is 13.3. The summed E-state index contributed by atoms with van der Waals surface area (Å²) in [7, 11) is 0. The molecule has 1 unspecified atom stereocenters. The third-order valence-electron chi connectivity index (χ3n) is 6.51. The zero-order valence-electron chi connectivity index (χ0n) is 15.2. The number of aryl methyl sites for hydroxylation is 1. The molecule has 1 N–H and O–H groups in total. The molecule has 1 amide bonds. The van der Waals surface area contributed by atoms with Gasteiger partial charge in [-0.3, -0.25) is 4.79 Å². The van der Waals surface area contributed by atoms with Crippen molar-refractivity contribution in [2.75, 3.05) is 24.5 Å². The molecule has 5 nitrogen and oxygen atoms in total. The van der Waals surface area contributed by atoms with Crippen LogP contribution < -0.4 is 4.90 Å². The molecule has 0 bridgehead atoms. The number of hydrogen-bond donors (Lipinski definition) is 1. The predicted molar refractivity (Wildman–Crippen MR) is 97.4 cm³/mol. The molecule has 1 atom stereocenters. The lowest BCUT2D eigenvalue weighted by Gasteiger charge is -2.41. The number of rotatable bonds is 2. The van der Waals surface area contributed by atoms with Crippen LogP contribution >= 0.6 is 0 Å². The summed E-state index contributed by atoms with van der Waals surface area (Å²) < 4.78 is 0. The fourth-order valence-corrected chi connectivity index (χ4v) is 5.07. The number of hydrogen-bond acceptors (Lipinski definition) is 4. The van der Waals surface area contributed by atoms with Crippen molar-refractivity contribution in [2.45, 2.75) is 64.0 Å². The molecule has 3 fully saturated rings. The first kappa shape index (κ1) is 16.8. The van der Waals surface area contributed by atoms with E-state index in [-0.39, 0.29) is 11.5 Å². The Kier molecular flexibility index (Phi) is 4.44. The lowest BCUT2D eigenvalue weighted by atomic mass is 9.78. The molecule has 4 rings (SSSR count). The van der Waals surface area contributed by atoms with Crippen LogP contribution in [0.25, 0.3) is 0 Å². The number of amides is 1. The second kappa shape index (κ2) is 6.60. The van der Waals surface area contributed by atoms with Crippen molar-refractivity contribution < 1.29 is 9.90 Å². The smallest absolute Gasteiger partial charge is 0.230 e. The molecule has 0 aromatic carbocycles. The first-order valence-electron chi connectivity index (χ1n) is 9.75. The van der Waals surface area contributed by atoms with E-state index in [1.807, 2.05) is 12.3 Å². The molecule has 1 saturated carbocycles. The Morgan fingerprint density at radius 1 is 1.20 bits per heavy atom. The molecule has 25 heavy (non-hydrogen) atoms. The summed E-state index contributed by atoms with van der Waals surface area (Å²) in [6.45, 7) is 4.77. The van der Waals surface area contributed by atoms with Gasteiger partial charge in [-0.1, -0.05) is 6.07 Å². The quantitative estimate of drug-likeness (QED) is 0.896. The van der Waals surface area contributed by atoms with Crippen molar-refractivity contribution >= 4 is 11.7 Å². The Labute approximate surface area is 150 Å². The van der Waals surface area contributed by atoms with E-state index in [1.54, 1.807) is 0 Å². The number of aliphatic hydroxyl groups is 1. The molecule has 1 aliphatic carbocycles. The summed E-state index contributed by atoms with van der Waals surface area (Å²) >= 11 is 0. The minimum absolute atomic E-state index is 0.166. The van der Waals surface area contributed by atoms with Gasteiger partial charge in [0, 0.05) is 31.9 Å². The van der Waals surface area contributed by atoms with Crippen molar-refractivity contribution in [3.8, 4) is 0 Å². The molecule has 3 heterocycles. The lowest BCUT2D eigenvalue weighted by Crippen LogP contribution is -2.50. The third kappa shape index (κ3) is 3.03. The van der Waals surface area contributed by atoms with Gasteiger partial charge in [-0.05, 0) is 63.5 Å². The second-order valence-electron chi connectivity index (χ2n) is 8.16. The number of nitrogens with zero attached hydrogens (tertiary/aromatic N) is 3. The fourth-order valence-electron chi connectivity index (χ4n) is 5.07. The second-order valence-corrected chi connectivity index (χ2v) is 8.16. The van der Waals surface area contributed by atoms with E-state index in [1.165, 1.54) is 5.56 Å². The molecule has 0 radical (unpaired) electrons. The Balaban J connectivity index is 1.50. The zero-order chi connectivity index (χ0) is 17.4. The van der Waals surface area contributed by atoms with Gasteiger partial charge in [0.2, 0.25) is 5.91 Å². The van der Waals surface area contributed by atoms with Gasteiger partial charge in [0.15, 0.2) is 0 Å². The number of carbonyl (C=O) groups excluding carboxylic acids is 1. The number of anilines is 1. The van der Waals surface area contributed by atoms with Gasteiger partial charge in [0.25, 0.3) is 0 Å². The summed E-state index contributed by atoms with van der Waals surface area (Å²) in [5.41, 5.74) is 0.960. The van der Waals surface area contributed by atoms with Gasteiger partial charge < -0.3 is 14.9 Å². The summed E-state index contributed by atoms with van der Waals surface area (Å²) in [4.78, 5) is 22.4. The Hall–Kier alpha value is -1.62. The summed E-state index contributed by atoms with van der Waals surface area (Å²) in [6, 6.07) is 4.40. The molecule has 1 aromatic heterocycles. The fraction of sp³-hybridized carbons (Fsp3) is 0.700. The van der Waals surface area contributed by atoms with Crippen molar-refractivity contribution in [1.29, 1.82) is 0 Å². The van der Waals surface area contributed by atoms with Crippen LogP contribution in [0.5, 0.6) is 0 Å². The highest BCUT2D eigenvalue weighted by Gasteiger charge is 2.50. The van der Waals surface area contributed by atoms with Crippen LogP contribution in [0.4, 0.5) is 5.82 Å². The van der Waals surface area contributed by atoms with Gasteiger partial charge in [0.05, 0.1) is 11.5 Å². The highest BCUT2D eigenvalue weighted by Crippen LogP contribution is 2.43. The Morgan fingerprint density at radius 2 is 2.00 bits per heavy atom. The monoisotopic (exact) mass is 343 g/mol. The first-order chi connectivity index (χ1) is 12.1. The minimum Gasteiger partial charge on any atom is -0.393 e. The highest BCUT2D eigenvalue weighted by atomic mass is 16.3. The van der Waals surface area contributed by atoms with Crippen molar-refractivity contribution in [3.05, 3.63) is 23.9 Å². The molecule has 3 aliphatic rings. The van der Waals surface area contributed by atoms with Crippen LogP contribution in [0.3, 0.4) is 0 Å². The van der Waals surface area contributed by atoms with E-state index in [4.69, 9.17) is 0 Å². The average Bonchev–Trinajstić information content (AvgIpc) is 2.92. The molecule has 2 aliphatic heterocycles. The normalized spacial score (nSPS) is 33.3. The van der Waals surface area contributed by atoms with Gasteiger partial charge >= 0.3 is 0 Å². The number of likely N-dealkylation sites (tertiary alicyclic amines) is 1. The van der Waals surface area contributed by atoms with Crippen molar-refractivity contribution in [2.24, 2.45) is 5.41 Å². The lowest BCUT2D eigenvalue weighted by molar-refractivity contribution is -0.139. The van der Waals surface area contributed by atoms with E-state index in [0.29, 0.717) is 11.9 Å². The number of aliphatic hydroxyl groups excluding tert-OH is 1. The van der Waals surface area contributed by atoms with Crippen molar-refractivity contribution in [1.82, 2.24) is 9.88 Å². The van der Waals surface area contributed by atoms with Gasteiger partial charge in [-0.25, -0.2) is 4.98 Å². The predicted octanol–water partition coefficient (Wildman–Crippen LogP) is 2.51. The summed E-state index contributed by atoms with van der Waals surface area (Å²) in [5, 5.41) is 9.75. The van der Waals surface area contributed by atoms with E-state index in [9.17, 15) is 9.90 Å².